The summed E-state index contributed by atoms with van der Waals surface area (Å²) in [6.07, 6.45) is 0. The smallest absolute Gasteiger partial charge is 0.269 e. The van der Waals surface area contributed by atoms with E-state index in [9.17, 15) is 10.1 Å². The van der Waals surface area contributed by atoms with E-state index in [1.165, 1.54) is 12.1 Å². The van der Waals surface area contributed by atoms with Crippen LogP contribution in [-0.2, 0) is 0 Å². The second kappa shape index (κ2) is 6.96. The van der Waals surface area contributed by atoms with Gasteiger partial charge in [-0.3, -0.25) is 10.1 Å². The van der Waals surface area contributed by atoms with E-state index in [2.05, 4.69) is 0 Å². The number of rotatable bonds is 4. The Kier molecular flexibility index (Phi) is 4.34. The molecule has 1 aliphatic heterocycles. The van der Waals surface area contributed by atoms with Gasteiger partial charge in [-0.05, 0) is 47.0 Å². The Balaban J connectivity index is 1.93. The zero-order valence-corrected chi connectivity index (χ0v) is 14.7. The number of benzene rings is 3. The van der Waals surface area contributed by atoms with Gasteiger partial charge < -0.3 is 9.47 Å². The number of para-hydroxylation sites is 1. The molecule has 5 nitrogen and oxygen atoms in total. The number of nitro groups is 1. The summed E-state index contributed by atoms with van der Waals surface area (Å²) >= 11 is 0. The van der Waals surface area contributed by atoms with Gasteiger partial charge in [-0.1, -0.05) is 30.3 Å². The molecule has 27 heavy (non-hydrogen) atoms. The predicted octanol–water partition coefficient (Wildman–Crippen LogP) is 4.95. The van der Waals surface area contributed by atoms with E-state index < -0.39 is 4.92 Å². The van der Waals surface area contributed by atoms with Gasteiger partial charge in [0.25, 0.3) is 5.69 Å². The van der Waals surface area contributed by atoms with Crippen LogP contribution in [0.4, 0.5) is 5.69 Å². The van der Waals surface area contributed by atoms with Gasteiger partial charge >= 0.3 is 0 Å². The second-order valence-corrected chi connectivity index (χ2v) is 6.17. The number of fused-ring (bicyclic) bond motifs is 1. The Morgan fingerprint density at radius 2 is 1.74 bits per heavy atom. The highest BCUT2D eigenvalue weighted by Crippen LogP contribution is 2.41. The average Bonchev–Trinajstić information content (AvgIpc) is 2.73. The molecular weight excluding hydrogens is 342 g/mol. The normalized spacial score (nSPS) is 12.9. The van der Waals surface area contributed by atoms with Crippen molar-refractivity contribution in [2.75, 3.05) is 13.7 Å². The summed E-state index contributed by atoms with van der Waals surface area (Å²) in [7, 11) is 1.64. The molecule has 1 aliphatic rings. The summed E-state index contributed by atoms with van der Waals surface area (Å²) in [6.45, 7) is 0.390. The van der Waals surface area contributed by atoms with Crippen LogP contribution in [0.25, 0.3) is 11.1 Å². The van der Waals surface area contributed by atoms with E-state index in [0.717, 1.165) is 39.3 Å². The van der Waals surface area contributed by atoms with Crippen molar-refractivity contribution >= 4 is 16.8 Å². The van der Waals surface area contributed by atoms with Gasteiger partial charge in [-0.2, -0.15) is 0 Å². The molecule has 0 N–H and O–H groups in total. The largest absolute Gasteiger partial charge is 0.497 e. The Labute approximate surface area is 156 Å². The Hall–Kier alpha value is -3.60. The lowest BCUT2D eigenvalue weighted by atomic mass is 9.87. The highest BCUT2D eigenvalue weighted by molar-refractivity contribution is 6.01. The van der Waals surface area contributed by atoms with Crippen molar-refractivity contribution < 1.29 is 14.4 Å². The van der Waals surface area contributed by atoms with Gasteiger partial charge in [-0.15, -0.1) is 0 Å². The molecule has 0 atom stereocenters. The lowest BCUT2D eigenvalue weighted by Crippen LogP contribution is -2.11. The van der Waals surface area contributed by atoms with Crippen molar-refractivity contribution in [1.82, 2.24) is 0 Å². The Morgan fingerprint density at radius 1 is 0.963 bits per heavy atom. The van der Waals surface area contributed by atoms with Gasteiger partial charge in [0.1, 0.15) is 18.1 Å². The van der Waals surface area contributed by atoms with Gasteiger partial charge in [0.15, 0.2) is 0 Å². The van der Waals surface area contributed by atoms with E-state index in [4.69, 9.17) is 9.47 Å². The lowest BCUT2D eigenvalue weighted by Gasteiger charge is -2.25. The van der Waals surface area contributed by atoms with Gasteiger partial charge in [0.2, 0.25) is 0 Å². The summed E-state index contributed by atoms with van der Waals surface area (Å²) in [5, 5.41) is 11.0. The van der Waals surface area contributed by atoms with Crippen LogP contribution in [0.2, 0.25) is 0 Å². The minimum atomic E-state index is -0.395. The Bertz CT molecular complexity index is 1040. The molecule has 0 bridgehead atoms. The van der Waals surface area contributed by atoms with Crippen molar-refractivity contribution in [1.29, 1.82) is 0 Å². The molecule has 0 radical (unpaired) electrons. The fourth-order valence-electron chi connectivity index (χ4n) is 3.30. The third-order valence-corrected chi connectivity index (χ3v) is 4.62. The highest BCUT2D eigenvalue weighted by atomic mass is 16.6. The maximum absolute atomic E-state index is 11.0. The van der Waals surface area contributed by atoms with E-state index in [1.807, 2.05) is 48.5 Å². The first-order valence-corrected chi connectivity index (χ1v) is 8.52. The summed E-state index contributed by atoms with van der Waals surface area (Å²) in [6, 6.07) is 22.3. The van der Waals surface area contributed by atoms with Crippen LogP contribution in [0.1, 0.15) is 16.7 Å². The second-order valence-electron chi connectivity index (χ2n) is 6.17. The molecule has 1 heterocycles. The topological polar surface area (TPSA) is 61.6 Å². The van der Waals surface area contributed by atoms with Crippen molar-refractivity contribution in [3.8, 4) is 11.5 Å². The summed E-state index contributed by atoms with van der Waals surface area (Å²) in [4.78, 5) is 10.6. The van der Waals surface area contributed by atoms with Crippen LogP contribution >= 0.6 is 0 Å². The maximum Gasteiger partial charge on any atom is 0.269 e. The van der Waals surface area contributed by atoms with Crippen LogP contribution in [-0.4, -0.2) is 18.6 Å². The van der Waals surface area contributed by atoms with Gasteiger partial charge in [0, 0.05) is 23.3 Å². The van der Waals surface area contributed by atoms with Gasteiger partial charge in [0.05, 0.1) is 12.0 Å². The molecule has 3 aromatic rings. The highest BCUT2D eigenvalue weighted by Gasteiger charge is 2.23. The molecule has 0 aliphatic carbocycles. The zero-order chi connectivity index (χ0) is 18.8. The molecule has 0 saturated heterocycles. The van der Waals surface area contributed by atoms with Crippen LogP contribution in [0.15, 0.2) is 72.8 Å². The maximum atomic E-state index is 11.0. The van der Waals surface area contributed by atoms with E-state index in [-0.39, 0.29) is 5.69 Å². The van der Waals surface area contributed by atoms with Crippen molar-refractivity contribution in [3.63, 3.8) is 0 Å². The molecule has 0 aromatic heterocycles. The Morgan fingerprint density at radius 3 is 2.48 bits per heavy atom. The molecule has 0 fully saturated rings. The molecule has 5 heteroatoms. The summed E-state index contributed by atoms with van der Waals surface area (Å²) in [5.41, 5.74) is 5.00. The molecule has 0 unspecified atom stereocenters. The fourth-order valence-corrected chi connectivity index (χ4v) is 3.30. The van der Waals surface area contributed by atoms with E-state index in [1.54, 1.807) is 19.2 Å². The molecule has 0 amide bonds. The molecule has 134 valence electrons. The van der Waals surface area contributed by atoms with E-state index >= 15 is 0 Å². The fraction of sp³-hybridized carbons (Fsp3) is 0.0909. The van der Waals surface area contributed by atoms with Crippen molar-refractivity contribution in [2.45, 2.75) is 0 Å². The van der Waals surface area contributed by atoms with Crippen LogP contribution in [0.3, 0.4) is 0 Å². The van der Waals surface area contributed by atoms with Crippen LogP contribution in [0.5, 0.6) is 11.5 Å². The summed E-state index contributed by atoms with van der Waals surface area (Å²) < 4.78 is 11.3. The van der Waals surface area contributed by atoms with Crippen molar-refractivity contribution in [3.05, 3.63) is 99.6 Å². The molecule has 3 aromatic carbocycles. The first kappa shape index (κ1) is 16.8. The minimum Gasteiger partial charge on any atom is -0.497 e. The third kappa shape index (κ3) is 3.15. The number of ether oxygens (including phenoxy) is 2. The standard InChI is InChI=1S/C22H17NO4/c1-26-18-6-4-5-16(13-18)22-19-7-2-3-8-21(19)27-14-20(22)15-9-11-17(12-10-15)23(24)25/h2-13H,14H2,1H3. The van der Waals surface area contributed by atoms with Gasteiger partial charge in [-0.25, -0.2) is 0 Å². The zero-order valence-electron chi connectivity index (χ0n) is 14.7. The quantitative estimate of drug-likeness (QED) is 0.488. The minimum absolute atomic E-state index is 0.0689. The molecule has 0 spiro atoms. The monoisotopic (exact) mass is 359 g/mol. The lowest BCUT2D eigenvalue weighted by molar-refractivity contribution is -0.384. The van der Waals surface area contributed by atoms with Crippen LogP contribution < -0.4 is 9.47 Å². The number of non-ortho nitro benzene ring substituents is 1. The first-order valence-electron chi connectivity index (χ1n) is 8.52. The third-order valence-electron chi connectivity index (χ3n) is 4.62. The number of nitro benzene ring substituents is 1. The first-order chi connectivity index (χ1) is 13.2. The van der Waals surface area contributed by atoms with E-state index in [0.29, 0.717) is 6.61 Å². The number of hydrogen-bond donors (Lipinski definition) is 0. The SMILES string of the molecule is COc1cccc(C2=C(c3ccc([N+](=O)[O-])cc3)COc3ccccc32)c1. The van der Waals surface area contributed by atoms with Crippen molar-refractivity contribution in [2.24, 2.45) is 0 Å². The number of nitrogens with zero attached hydrogens (tertiary/aromatic N) is 1. The average molecular weight is 359 g/mol. The molecule has 0 saturated carbocycles. The van der Waals surface area contributed by atoms with Crippen LogP contribution in [0, 0.1) is 10.1 Å². The number of hydrogen-bond acceptors (Lipinski definition) is 4. The molecule has 4 rings (SSSR count). The predicted molar refractivity (Wildman–Crippen MR) is 104 cm³/mol. The number of methoxy groups -OCH3 is 1. The molecular formula is C22H17NO4. The summed E-state index contributed by atoms with van der Waals surface area (Å²) in [5.74, 6) is 1.59.